The van der Waals surface area contributed by atoms with Crippen LogP contribution in [0.5, 0.6) is 5.75 Å². The molecule has 0 unspecified atom stereocenters. The molecule has 37 heavy (non-hydrogen) atoms. The maximum Gasteiger partial charge on any atom is 0.137 e. The number of nitrogens with zero attached hydrogens (tertiary/aromatic N) is 1. The molecule has 0 aromatic heterocycles. The van der Waals surface area contributed by atoms with Crippen molar-refractivity contribution in [3.63, 3.8) is 0 Å². The van der Waals surface area contributed by atoms with Crippen LogP contribution in [-0.4, -0.2) is 37.4 Å². The van der Waals surface area contributed by atoms with Gasteiger partial charge in [-0.2, -0.15) is 0 Å². The van der Waals surface area contributed by atoms with Crippen LogP contribution in [0.4, 0.5) is 8.78 Å². The summed E-state index contributed by atoms with van der Waals surface area (Å²) < 4.78 is 33.9. The minimum absolute atomic E-state index is 0.146. The van der Waals surface area contributed by atoms with E-state index in [0.717, 1.165) is 35.4 Å². The van der Waals surface area contributed by atoms with E-state index in [1.54, 1.807) is 12.1 Å². The summed E-state index contributed by atoms with van der Waals surface area (Å²) in [6, 6.07) is 19.0. The van der Waals surface area contributed by atoms with Crippen molar-refractivity contribution in [3.8, 4) is 16.9 Å². The van der Waals surface area contributed by atoms with Crippen molar-refractivity contribution in [2.45, 2.75) is 51.4 Å². The molecule has 0 radical (unpaired) electrons. The molecule has 4 rings (SSSR count). The summed E-state index contributed by atoms with van der Waals surface area (Å²) in [6.07, 6.45) is 6.83. The number of hydrogen-bond acceptors (Lipinski definition) is 3. The summed E-state index contributed by atoms with van der Waals surface area (Å²) in [6.45, 7) is 2.96. The largest absolute Gasteiger partial charge is 0.493 e. The number of aryl methyl sites for hydroxylation is 1. The van der Waals surface area contributed by atoms with Gasteiger partial charge in [0.2, 0.25) is 0 Å². The minimum atomic E-state index is -0.311. The highest BCUT2D eigenvalue weighted by molar-refractivity contribution is 5.81. The lowest BCUT2D eigenvalue weighted by Gasteiger charge is -2.28. The molecule has 1 fully saturated rings. The predicted molar refractivity (Wildman–Crippen MR) is 145 cm³/mol. The third-order valence-corrected chi connectivity index (χ3v) is 7.28. The van der Waals surface area contributed by atoms with Gasteiger partial charge in [0.05, 0.1) is 6.61 Å². The fourth-order valence-electron chi connectivity index (χ4n) is 5.03. The number of likely N-dealkylation sites (tertiary alicyclic amines) is 1. The first-order valence-corrected chi connectivity index (χ1v) is 13.4. The van der Waals surface area contributed by atoms with E-state index >= 15 is 0 Å². The molecule has 3 aromatic rings. The van der Waals surface area contributed by atoms with E-state index in [0.29, 0.717) is 43.6 Å². The molecule has 0 spiro atoms. The van der Waals surface area contributed by atoms with Crippen molar-refractivity contribution in [1.29, 1.82) is 0 Å². The number of piperidine rings is 1. The van der Waals surface area contributed by atoms with E-state index in [2.05, 4.69) is 11.9 Å². The van der Waals surface area contributed by atoms with E-state index in [1.807, 2.05) is 36.4 Å². The smallest absolute Gasteiger partial charge is 0.137 e. The molecule has 0 saturated carbocycles. The lowest BCUT2D eigenvalue weighted by atomic mass is 9.93. The Morgan fingerprint density at radius 3 is 2.46 bits per heavy atom. The molecule has 196 valence electrons. The van der Waals surface area contributed by atoms with Crippen LogP contribution < -0.4 is 4.74 Å². The van der Waals surface area contributed by atoms with Crippen LogP contribution >= 0.6 is 0 Å². The quantitative estimate of drug-likeness (QED) is 0.243. The Kier molecular flexibility index (Phi) is 9.84. The molecule has 3 nitrogen and oxygen atoms in total. The summed E-state index contributed by atoms with van der Waals surface area (Å²) in [5.74, 6) is 0.921. The molecule has 0 N–H and O–H groups in total. The molecule has 3 aromatic carbocycles. The lowest BCUT2D eigenvalue weighted by molar-refractivity contribution is -0.118. The molecular weight excluding hydrogens is 468 g/mol. The Morgan fingerprint density at radius 2 is 1.73 bits per heavy atom. The standard InChI is InChI=1S/C32H37F2NO2/c1-35-18-16-24(17-19-35)7-4-20-37-30-14-15-31(32(34)23-30)27-12-10-26(11-13-27)22-29(36)9-3-6-25-5-2-8-28(33)21-25/h2,5,8,10-15,21,23-24H,3-4,6-7,9,16-20,22H2,1H3. The molecule has 0 aliphatic carbocycles. The van der Waals surface area contributed by atoms with Gasteiger partial charge in [0, 0.05) is 24.5 Å². The summed E-state index contributed by atoms with van der Waals surface area (Å²) in [7, 11) is 2.17. The van der Waals surface area contributed by atoms with E-state index in [4.69, 9.17) is 4.74 Å². The molecule has 1 aliphatic heterocycles. The van der Waals surface area contributed by atoms with Crippen LogP contribution in [0.1, 0.15) is 49.7 Å². The van der Waals surface area contributed by atoms with Crippen LogP contribution in [0, 0.1) is 17.6 Å². The average molecular weight is 506 g/mol. The molecule has 5 heteroatoms. The van der Waals surface area contributed by atoms with Crippen molar-refractivity contribution in [1.82, 2.24) is 4.90 Å². The fraction of sp³-hybridized carbons (Fsp3) is 0.406. The van der Waals surface area contributed by atoms with Gasteiger partial charge in [-0.15, -0.1) is 0 Å². The summed E-state index contributed by atoms with van der Waals surface area (Å²) in [4.78, 5) is 14.8. The molecule has 1 saturated heterocycles. The zero-order valence-electron chi connectivity index (χ0n) is 21.7. The zero-order chi connectivity index (χ0) is 26.0. The highest BCUT2D eigenvalue weighted by Crippen LogP contribution is 2.27. The number of benzene rings is 3. The highest BCUT2D eigenvalue weighted by Gasteiger charge is 2.16. The third-order valence-electron chi connectivity index (χ3n) is 7.28. The van der Waals surface area contributed by atoms with Crippen LogP contribution in [0.15, 0.2) is 66.7 Å². The van der Waals surface area contributed by atoms with Gasteiger partial charge in [-0.25, -0.2) is 8.78 Å². The van der Waals surface area contributed by atoms with E-state index in [-0.39, 0.29) is 17.4 Å². The maximum absolute atomic E-state index is 14.8. The van der Waals surface area contributed by atoms with Gasteiger partial charge in [0.1, 0.15) is 23.2 Å². The Bertz CT molecular complexity index is 1150. The number of ketones is 1. The Morgan fingerprint density at radius 1 is 0.946 bits per heavy atom. The summed E-state index contributed by atoms with van der Waals surface area (Å²) in [5, 5.41) is 0. The van der Waals surface area contributed by atoms with E-state index in [1.165, 1.54) is 44.1 Å². The van der Waals surface area contributed by atoms with Crippen LogP contribution in [-0.2, 0) is 17.6 Å². The first-order chi connectivity index (χ1) is 18.0. The van der Waals surface area contributed by atoms with Crippen molar-refractivity contribution in [2.75, 3.05) is 26.7 Å². The monoisotopic (exact) mass is 505 g/mol. The lowest BCUT2D eigenvalue weighted by Crippen LogP contribution is -2.30. The van der Waals surface area contributed by atoms with Gasteiger partial charge in [-0.3, -0.25) is 4.79 Å². The second-order valence-electron chi connectivity index (χ2n) is 10.3. The van der Waals surface area contributed by atoms with Crippen LogP contribution in [0.3, 0.4) is 0 Å². The van der Waals surface area contributed by atoms with Gasteiger partial charge in [0.15, 0.2) is 0 Å². The van der Waals surface area contributed by atoms with Gasteiger partial charge in [-0.1, -0.05) is 36.4 Å². The third kappa shape index (κ3) is 8.50. The highest BCUT2D eigenvalue weighted by atomic mass is 19.1. The number of carbonyl (C=O) groups is 1. The number of hydrogen-bond donors (Lipinski definition) is 0. The SMILES string of the molecule is CN1CCC(CCCOc2ccc(-c3ccc(CC(=O)CCCc4cccc(F)c4)cc3)c(F)c2)CC1. The number of ether oxygens (including phenoxy) is 1. The summed E-state index contributed by atoms with van der Waals surface area (Å²) >= 11 is 0. The topological polar surface area (TPSA) is 29.5 Å². The zero-order valence-corrected chi connectivity index (χ0v) is 21.7. The Hall–Kier alpha value is -3.05. The number of rotatable bonds is 12. The number of Topliss-reactive ketones (excluding diaryl/α,β-unsaturated/α-hetero) is 1. The second-order valence-corrected chi connectivity index (χ2v) is 10.3. The van der Waals surface area contributed by atoms with Crippen LogP contribution in [0.2, 0.25) is 0 Å². The van der Waals surface area contributed by atoms with Crippen molar-refractivity contribution in [2.24, 2.45) is 5.92 Å². The number of carbonyl (C=O) groups excluding carboxylic acids is 1. The Labute approximate surface area is 219 Å². The van der Waals surface area contributed by atoms with E-state index in [9.17, 15) is 13.6 Å². The number of halogens is 2. The predicted octanol–water partition coefficient (Wildman–Crippen LogP) is 7.27. The van der Waals surface area contributed by atoms with Gasteiger partial charge in [-0.05, 0) is 106 Å². The van der Waals surface area contributed by atoms with Crippen LogP contribution in [0.25, 0.3) is 11.1 Å². The molecule has 1 aliphatic rings. The van der Waals surface area contributed by atoms with Crippen molar-refractivity contribution >= 4 is 5.78 Å². The summed E-state index contributed by atoms with van der Waals surface area (Å²) in [5.41, 5.74) is 3.10. The molecular formula is C32H37F2NO2. The molecule has 0 bridgehead atoms. The average Bonchev–Trinajstić information content (AvgIpc) is 2.88. The second kappa shape index (κ2) is 13.5. The van der Waals surface area contributed by atoms with Crippen molar-refractivity contribution < 1.29 is 18.3 Å². The van der Waals surface area contributed by atoms with Gasteiger partial charge in [0.25, 0.3) is 0 Å². The molecule has 0 amide bonds. The fourth-order valence-corrected chi connectivity index (χ4v) is 5.03. The minimum Gasteiger partial charge on any atom is -0.493 e. The maximum atomic E-state index is 14.8. The first-order valence-electron chi connectivity index (χ1n) is 13.4. The van der Waals surface area contributed by atoms with Crippen molar-refractivity contribution in [3.05, 3.63) is 89.5 Å². The molecule has 0 atom stereocenters. The van der Waals surface area contributed by atoms with Gasteiger partial charge < -0.3 is 9.64 Å². The normalized spacial score (nSPS) is 14.6. The molecule has 1 heterocycles. The Balaban J connectivity index is 1.21. The first kappa shape index (κ1) is 27.0. The van der Waals surface area contributed by atoms with E-state index < -0.39 is 0 Å². The van der Waals surface area contributed by atoms with Gasteiger partial charge >= 0.3 is 0 Å².